The molecule has 1 aliphatic heterocycles. The number of hydrogen-bond acceptors (Lipinski definition) is 5. The van der Waals surface area contributed by atoms with Crippen molar-refractivity contribution in [3.63, 3.8) is 0 Å². The van der Waals surface area contributed by atoms with E-state index < -0.39 is 5.97 Å². The Balaban J connectivity index is 1.94. The van der Waals surface area contributed by atoms with Crippen LogP contribution in [0.5, 0.6) is 0 Å². The minimum atomic E-state index is -0.614. The molecule has 0 radical (unpaired) electrons. The van der Waals surface area contributed by atoms with Crippen LogP contribution in [0, 0.1) is 6.92 Å². The Hall–Kier alpha value is -3.61. The number of fused-ring (bicyclic) bond motifs is 1. The van der Waals surface area contributed by atoms with Crippen LogP contribution in [0.25, 0.3) is 10.9 Å². The highest BCUT2D eigenvalue weighted by Crippen LogP contribution is 2.31. The minimum Gasteiger partial charge on any atom is -0.462 e. The maximum absolute atomic E-state index is 13.8. The Labute approximate surface area is 193 Å². The maximum Gasteiger partial charge on any atom is 0.345 e. The number of amides is 1. The first kappa shape index (κ1) is 22.6. The number of pyridine rings is 1. The zero-order valence-corrected chi connectivity index (χ0v) is 19.3. The number of aromatic nitrogens is 1. The van der Waals surface area contributed by atoms with Crippen molar-refractivity contribution in [2.24, 2.45) is 0 Å². The third-order valence-corrected chi connectivity index (χ3v) is 6.10. The van der Waals surface area contributed by atoms with E-state index in [1.54, 1.807) is 23.3 Å². The summed E-state index contributed by atoms with van der Waals surface area (Å²) in [5.74, 6) is -0.587. The zero-order chi connectivity index (χ0) is 23.5. The summed E-state index contributed by atoms with van der Waals surface area (Å²) < 4.78 is 7.00. The Bertz CT molecular complexity index is 1240. The molecule has 1 amide bonds. The van der Waals surface area contributed by atoms with Crippen LogP contribution in [-0.2, 0) is 16.1 Å². The van der Waals surface area contributed by atoms with Crippen LogP contribution in [-0.4, -0.2) is 54.1 Å². The lowest BCUT2D eigenvalue weighted by atomic mass is 10.0. The van der Waals surface area contributed by atoms with E-state index in [4.69, 9.17) is 4.74 Å². The number of hydrogen-bond donors (Lipinski definition) is 0. The van der Waals surface area contributed by atoms with Gasteiger partial charge in [-0.15, -0.1) is 0 Å². The molecule has 0 N–H and O–H groups in total. The minimum absolute atomic E-state index is 0.0271. The van der Waals surface area contributed by atoms with Crippen molar-refractivity contribution >= 4 is 28.5 Å². The van der Waals surface area contributed by atoms with Gasteiger partial charge in [0, 0.05) is 38.5 Å². The van der Waals surface area contributed by atoms with Gasteiger partial charge in [-0.3, -0.25) is 9.59 Å². The van der Waals surface area contributed by atoms with Gasteiger partial charge in [-0.25, -0.2) is 4.79 Å². The van der Waals surface area contributed by atoms with Gasteiger partial charge in [0.15, 0.2) is 0 Å². The highest BCUT2D eigenvalue weighted by Gasteiger charge is 2.29. The number of rotatable bonds is 5. The molecule has 2 heterocycles. The molecule has 0 unspecified atom stereocenters. The standard InChI is InChI=1S/C26H29N3O4/c1-4-33-26(32)23-24(28-14-12-27(13-15-28)19(3)30)21-16-18(2)10-11-22(21)29(25(23)31)17-20-8-6-5-7-9-20/h5-11,16H,4,12-15,17H2,1-3H3. The molecule has 7 heteroatoms. The van der Waals surface area contributed by atoms with Crippen molar-refractivity contribution in [1.29, 1.82) is 0 Å². The fraction of sp³-hybridized carbons (Fsp3) is 0.346. The molecule has 0 atom stereocenters. The predicted octanol–water partition coefficient (Wildman–Crippen LogP) is 3.20. The monoisotopic (exact) mass is 447 g/mol. The number of ether oxygens (including phenoxy) is 1. The predicted molar refractivity (Wildman–Crippen MR) is 129 cm³/mol. The summed E-state index contributed by atoms with van der Waals surface area (Å²) in [7, 11) is 0. The van der Waals surface area contributed by atoms with E-state index in [2.05, 4.69) is 0 Å². The van der Waals surface area contributed by atoms with Crippen LogP contribution in [0.1, 0.15) is 35.3 Å². The highest BCUT2D eigenvalue weighted by atomic mass is 16.5. The van der Waals surface area contributed by atoms with E-state index in [0.29, 0.717) is 38.4 Å². The van der Waals surface area contributed by atoms with Gasteiger partial charge in [-0.1, -0.05) is 42.0 Å². The molecular weight excluding hydrogens is 418 g/mol. The van der Waals surface area contributed by atoms with E-state index in [1.807, 2.05) is 60.4 Å². The summed E-state index contributed by atoms with van der Waals surface area (Å²) in [6.45, 7) is 7.97. The molecule has 33 heavy (non-hydrogen) atoms. The van der Waals surface area contributed by atoms with Gasteiger partial charge in [-0.05, 0) is 31.5 Å². The average Bonchev–Trinajstić information content (AvgIpc) is 2.81. The van der Waals surface area contributed by atoms with Crippen molar-refractivity contribution in [1.82, 2.24) is 9.47 Å². The Morgan fingerprint density at radius 2 is 1.70 bits per heavy atom. The van der Waals surface area contributed by atoms with Crippen LogP contribution in [0.2, 0.25) is 0 Å². The number of carbonyl (C=O) groups excluding carboxylic acids is 2. The van der Waals surface area contributed by atoms with Gasteiger partial charge in [-0.2, -0.15) is 0 Å². The molecule has 0 bridgehead atoms. The number of esters is 1. The van der Waals surface area contributed by atoms with E-state index in [-0.39, 0.29) is 23.6 Å². The molecule has 1 saturated heterocycles. The molecule has 0 spiro atoms. The summed E-state index contributed by atoms with van der Waals surface area (Å²) >= 11 is 0. The fourth-order valence-corrected chi connectivity index (χ4v) is 4.44. The Kier molecular flexibility index (Phi) is 6.49. The molecule has 7 nitrogen and oxygen atoms in total. The number of benzene rings is 2. The zero-order valence-electron chi connectivity index (χ0n) is 19.3. The number of nitrogens with zero attached hydrogens (tertiary/aromatic N) is 3. The second-order valence-electron chi connectivity index (χ2n) is 8.33. The highest BCUT2D eigenvalue weighted by molar-refractivity contribution is 6.05. The van der Waals surface area contributed by atoms with Crippen molar-refractivity contribution < 1.29 is 14.3 Å². The number of piperazine rings is 1. The SMILES string of the molecule is CCOC(=O)c1c(N2CCN(C(C)=O)CC2)c2cc(C)ccc2n(Cc2ccccc2)c1=O. The van der Waals surface area contributed by atoms with Crippen molar-refractivity contribution in [3.05, 3.63) is 75.6 Å². The maximum atomic E-state index is 13.8. The van der Waals surface area contributed by atoms with Crippen LogP contribution in [0.15, 0.2) is 53.3 Å². The van der Waals surface area contributed by atoms with Crippen molar-refractivity contribution in [2.45, 2.75) is 27.3 Å². The summed E-state index contributed by atoms with van der Waals surface area (Å²) in [6.07, 6.45) is 0. The summed E-state index contributed by atoms with van der Waals surface area (Å²) in [5, 5.41) is 0.838. The molecule has 0 saturated carbocycles. The first-order valence-electron chi connectivity index (χ1n) is 11.3. The van der Waals surface area contributed by atoms with Gasteiger partial charge < -0.3 is 19.1 Å². The Morgan fingerprint density at radius 1 is 1.00 bits per heavy atom. The smallest absolute Gasteiger partial charge is 0.345 e. The number of aryl methyl sites for hydroxylation is 1. The van der Waals surface area contributed by atoms with Crippen molar-refractivity contribution in [2.75, 3.05) is 37.7 Å². The van der Waals surface area contributed by atoms with Gasteiger partial charge in [0.1, 0.15) is 5.56 Å². The first-order valence-corrected chi connectivity index (χ1v) is 11.3. The lowest BCUT2D eigenvalue weighted by Crippen LogP contribution is -2.49. The molecule has 3 aromatic rings. The van der Waals surface area contributed by atoms with Gasteiger partial charge in [0.25, 0.3) is 5.56 Å². The van der Waals surface area contributed by atoms with Gasteiger partial charge in [0.05, 0.1) is 24.4 Å². The molecule has 0 aliphatic carbocycles. The van der Waals surface area contributed by atoms with E-state index in [0.717, 1.165) is 22.0 Å². The second-order valence-corrected chi connectivity index (χ2v) is 8.33. The first-order chi connectivity index (χ1) is 15.9. The fourth-order valence-electron chi connectivity index (χ4n) is 4.44. The molecule has 2 aromatic carbocycles. The normalized spacial score (nSPS) is 13.9. The van der Waals surface area contributed by atoms with Crippen LogP contribution < -0.4 is 10.5 Å². The molecule has 1 aromatic heterocycles. The summed E-state index contributed by atoms with van der Waals surface area (Å²) in [4.78, 5) is 42.5. The van der Waals surface area contributed by atoms with Crippen LogP contribution >= 0.6 is 0 Å². The van der Waals surface area contributed by atoms with E-state index in [1.165, 1.54) is 0 Å². The van der Waals surface area contributed by atoms with Crippen LogP contribution in [0.4, 0.5) is 5.69 Å². The number of anilines is 1. The third-order valence-electron chi connectivity index (χ3n) is 6.10. The average molecular weight is 448 g/mol. The van der Waals surface area contributed by atoms with Crippen LogP contribution in [0.3, 0.4) is 0 Å². The van der Waals surface area contributed by atoms with E-state index in [9.17, 15) is 14.4 Å². The Morgan fingerprint density at radius 3 is 2.33 bits per heavy atom. The molecule has 4 rings (SSSR count). The number of carbonyl (C=O) groups is 2. The lowest BCUT2D eigenvalue weighted by Gasteiger charge is -2.37. The summed E-state index contributed by atoms with van der Waals surface area (Å²) in [5.41, 5.74) is 3.07. The van der Waals surface area contributed by atoms with Gasteiger partial charge >= 0.3 is 5.97 Å². The molecular formula is C26H29N3O4. The van der Waals surface area contributed by atoms with Gasteiger partial charge in [0.2, 0.25) is 5.91 Å². The topological polar surface area (TPSA) is 71.8 Å². The molecule has 172 valence electrons. The van der Waals surface area contributed by atoms with Crippen molar-refractivity contribution in [3.8, 4) is 0 Å². The lowest BCUT2D eigenvalue weighted by molar-refractivity contribution is -0.129. The third kappa shape index (κ3) is 4.49. The molecule has 1 fully saturated rings. The largest absolute Gasteiger partial charge is 0.462 e. The summed E-state index contributed by atoms with van der Waals surface area (Å²) in [6, 6.07) is 15.7. The molecule has 1 aliphatic rings. The second kappa shape index (κ2) is 9.48. The van der Waals surface area contributed by atoms with E-state index >= 15 is 0 Å². The quantitative estimate of drug-likeness (QED) is 0.562.